The maximum absolute atomic E-state index is 12.5. The molecule has 1 aromatic heterocycles. The number of hydrogen-bond donors (Lipinski definition) is 1. The molecule has 28 heavy (non-hydrogen) atoms. The molecule has 0 bridgehead atoms. The quantitative estimate of drug-likeness (QED) is 0.700. The van der Waals surface area contributed by atoms with Crippen molar-refractivity contribution in [3.05, 3.63) is 97.7 Å². The van der Waals surface area contributed by atoms with Crippen molar-refractivity contribution in [1.82, 2.24) is 9.55 Å². The van der Waals surface area contributed by atoms with Crippen LogP contribution in [-0.4, -0.2) is 9.55 Å². The van der Waals surface area contributed by atoms with Gasteiger partial charge >= 0.3 is 5.69 Å². The van der Waals surface area contributed by atoms with Crippen LogP contribution in [-0.2, 0) is 13.0 Å². The number of aromatic amines is 1. The minimum Gasteiger partial charge on any atom is -0.440 e. The molecule has 0 saturated heterocycles. The molecule has 2 aromatic carbocycles. The maximum Gasteiger partial charge on any atom is 0.331 e. The lowest BCUT2D eigenvalue weighted by Crippen LogP contribution is -2.33. The molecule has 3 aromatic rings. The van der Waals surface area contributed by atoms with Crippen LogP contribution in [0.5, 0.6) is 11.6 Å². The highest BCUT2D eigenvalue weighted by Gasteiger charge is 2.15. The van der Waals surface area contributed by atoms with Gasteiger partial charge in [-0.05, 0) is 49.1 Å². The normalized spacial score (nSPS) is 11.1. The summed E-state index contributed by atoms with van der Waals surface area (Å²) in [5.41, 5.74) is 2.69. The molecule has 0 amide bonds. The van der Waals surface area contributed by atoms with Crippen LogP contribution in [0.1, 0.15) is 29.2 Å². The van der Waals surface area contributed by atoms with Crippen molar-refractivity contribution in [3.63, 3.8) is 0 Å². The second-order valence-corrected chi connectivity index (χ2v) is 6.75. The number of rotatable bonds is 6. The molecule has 0 unspecified atom stereocenters. The Morgan fingerprint density at radius 1 is 1.04 bits per heavy atom. The number of benzene rings is 2. The van der Waals surface area contributed by atoms with E-state index in [0.717, 1.165) is 16.7 Å². The third-order valence-corrected chi connectivity index (χ3v) is 4.40. The van der Waals surface area contributed by atoms with Gasteiger partial charge in [0.2, 0.25) is 5.88 Å². The van der Waals surface area contributed by atoms with E-state index in [9.17, 15) is 9.59 Å². The molecule has 0 fully saturated rings. The lowest BCUT2D eigenvalue weighted by atomic mass is 10.1. The standard InChI is InChI=1S/C23H24N2O3/c1-4-20-21(26)24-23(27)25(12-8-11-18-9-6-5-7-10-18)22(20)28-19-14-16(2)13-17(3)15-19/h5-11,13-15H,4,12H2,1-3H3,(H,24,26,27). The lowest BCUT2D eigenvalue weighted by molar-refractivity contribution is 0.415. The van der Waals surface area contributed by atoms with Crippen LogP contribution in [0.25, 0.3) is 6.08 Å². The summed E-state index contributed by atoms with van der Waals surface area (Å²) < 4.78 is 7.52. The topological polar surface area (TPSA) is 64.1 Å². The third-order valence-electron chi connectivity index (χ3n) is 4.40. The third kappa shape index (κ3) is 4.49. The number of nitrogens with one attached hydrogen (secondary N) is 1. The van der Waals surface area contributed by atoms with Crippen molar-refractivity contribution < 1.29 is 4.74 Å². The molecule has 5 nitrogen and oxygen atoms in total. The first kappa shape index (κ1) is 19.4. The molecule has 0 aliphatic heterocycles. The number of allylic oxidation sites excluding steroid dienone is 1. The number of aromatic nitrogens is 2. The van der Waals surface area contributed by atoms with E-state index in [2.05, 4.69) is 4.98 Å². The fourth-order valence-corrected chi connectivity index (χ4v) is 3.15. The molecule has 0 aliphatic carbocycles. The summed E-state index contributed by atoms with van der Waals surface area (Å²) >= 11 is 0. The summed E-state index contributed by atoms with van der Waals surface area (Å²) in [4.78, 5) is 27.2. The predicted molar refractivity (Wildman–Crippen MR) is 112 cm³/mol. The molecular formula is C23H24N2O3. The van der Waals surface area contributed by atoms with Crippen molar-refractivity contribution in [2.24, 2.45) is 0 Å². The number of nitrogens with zero attached hydrogens (tertiary/aromatic N) is 1. The van der Waals surface area contributed by atoms with Gasteiger partial charge in [-0.25, -0.2) is 4.79 Å². The van der Waals surface area contributed by atoms with Crippen LogP contribution in [0.15, 0.2) is 64.2 Å². The summed E-state index contributed by atoms with van der Waals surface area (Å²) in [6.45, 7) is 6.12. The molecule has 5 heteroatoms. The Bertz CT molecular complexity index is 1090. The zero-order valence-electron chi connectivity index (χ0n) is 16.4. The fraction of sp³-hybridized carbons (Fsp3) is 0.217. The van der Waals surface area contributed by atoms with Gasteiger partial charge in [-0.3, -0.25) is 14.3 Å². The summed E-state index contributed by atoms with van der Waals surface area (Å²) in [5, 5.41) is 0. The largest absolute Gasteiger partial charge is 0.440 e. The Hall–Kier alpha value is -3.34. The van der Waals surface area contributed by atoms with Crippen LogP contribution in [0, 0.1) is 13.8 Å². The second kappa shape index (κ2) is 8.57. The molecule has 0 aliphatic rings. The highest BCUT2D eigenvalue weighted by molar-refractivity contribution is 5.48. The van der Waals surface area contributed by atoms with Gasteiger partial charge in [0.05, 0.1) is 5.56 Å². The van der Waals surface area contributed by atoms with Gasteiger partial charge in [-0.1, -0.05) is 55.5 Å². The fourth-order valence-electron chi connectivity index (χ4n) is 3.15. The molecular weight excluding hydrogens is 352 g/mol. The average Bonchev–Trinajstić information content (AvgIpc) is 2.64. The smallest absolute Gasteiger partial charge is 0.331 e. The number of hydrogen-bond acceptors (Lipinski definition) is 3. The van der Waals surface area contributed by atoms with E-state index >= 15 is 0 Å². The van der Waals surface area contributed by atoms with Crippen molar-refractivity contribution in [3.8, 4) is 11.6 Å². The van der Waals surface area contributed by atoms with Crippen LogP contribution >= 0.6 is 0 Å². The molecule has 0 atom stereocenters. The van der Waals surface area contributed by atoms with E-state index in [-0.39, 0.29) is 6.54 Å². The molecule has 0 spiro atoms. The van der Waals surface area contributed by atoms with Crippen LogP contribution < -0.4 is 16.0 Å². The van der Waals surface area contributed by atoms with Gasteiger partial charge in [0.1, 0.15) is 5.75 Å². The summed E-state index contributed by atoms with van der Waals surface area (Å²) in [6, 6.07) is 15.6. The first-order valence-corrected chi connectivity index (χ1v) is 9.31. The zero-order valence-corrected chi connectivity index (χ0v) is 16.4. The van der Waals surface area contributed by atoms with Crippen LogP contribution in [0.2, 0.25) is 0 Å². The SMILES string of the molecule is CCc1c(Oc2cc(C)cc(C)c2)n(CC=Cc2ccccc2)c(=O)[nH]c1=O. The first-order valence-electron chi connectivity index (χ1n) is 9.31. The Morgan fingerprint density at radius 2 is 1.71 bits per heavy atom. The molecule has 0 saturated carbocycles. The summed E-state index contributed by atoms with van der Waals surface area (Å²) in [5.74, 6) is 0.900. The molecule has 1 heterocycles. The van der Waals surface area contributed by atoms with E-state index in [1.54, 1.807) is 0 Å². The van der Waals surface area contributed by atoms with Crippen LogP contribution in [0.4, 0.5) is 0 Å². The van der Waals surface area contributed by atoms with Crippen molar-refractivity contribution >= 4 is 6.08 Å². The van der Waals surface area contributed by atoms with Gasteiger partial charge in [0.25, 0.3) is 5.56 Å². The van der Waals surface area contributed by atoms with Gasteiger partial charge in [-0.15, -0.1) is 0 Å². The predicted octanol–water partition coefficient (Wildman–Crippen LogP) is 4.22. The second-order valence-electron chi connectivity index (χ2n) is 6.75. The van der Waals surface area contributed by atoms with Gasteiger partial charge in [0, 0.05) is 6.54 Å². The van der Waals surface area contributed by atoms with E-state index < -0.39 is 11.2 Å². The number of aryl methyl sites for hydroxylation is 2. The van der Waals surface area contributed by atoms with Crippen molar-refractivity contribution in [2.75, 3.05) is 0 Å². The summed E-state index contributed by atoms with van der Waals surface area (Å²) in [7, 11) is 0. The van der Waals surface area contributed by atoms with Gasteiger partial charge in [-0.2, -0.15) is 0 Å². The van der Waals surface area contributed by atoms with Crippen molar-refractivity contribution in [2.45, 2.75) is 33.7 Å². The number of H-pyrrole nitrogens is 1. The molecule has 144 valence electrons. The Morgan fingerprint density at radius 3 is 2.36 bits per heavy atom. The highest BCUT2D eigenvalue weighted by atomic mass is 16.5. The number of ether oxygens (including phenoxy) is 1. The Kier molecular flexibility index (Phi) is 5.94. The lowest BCUT2D eigenvalue weighted by Gasteiger charge is -2.15. The van der Waals surface area contributed by atoms with E-state index in [1.165, 1.54) is 4.57 Å². The molecule has 0 radical (unpaired) electrons. The monoisotopic (exact) mass is 376 g/mol. The van der Waals surface area contributed by atoms with Gasteiger partial charge in [0.15, 0.2) is 0 Å². The Balaban J connectivity index is 2.02. The minimum atomic E-state index is -0.487. The first-order chi connectivity index (χ1) is 13.5. The van der Waals surface area contributed by atoms with E-state index in [0.29, 0.717) is 23.6 Å². The maximum atomic E-state index is 12.5. The van der Waals surface area contributed by atoms with Crippen molar-refractivity contribution in [1.29, 1.82) is 0 Å². The average molecular weight is 376 g/mol. The van der Waals surface area contributed by atoms with Gasteiger partial charge < -0.3 is 4.74 Å². The van der Waals surface area contributed by atoms with Crippen LogP contribution in [0.3, 0.4) is 0 Å². The molecule has 3 rings (SSSR count). The highest BCUT2D eigenvalue weighted by Crippen LogP contribution is 2.25. The molecule has 1 N–H and O–H groups in total. The summed E-state index contributed by atoms with van der Waals surface area (Å²) in [6.07, 6.45) is 4.27. The minimum absolute atomic E-state index is 0.289. The van der Waals surface area contributed by atoms with E-state index in [4.69, 9.17) is 4.74 Å². The van der Waals surface area contributed by atoms with E-state index in [1.807, 2.05) is 81.5 Å². The zero-order chi connectivity index (χ0) is 20.1. The Labute approximate surface area is 163 Å².